The molecule has 4 aliphatic rings. The van der Waals surface area contributed by atoms with Crippen molar-refractivity contribution in [2.75, 3.05) is 26.2 Å². The second kappa shape index (κ2) is 9.80. The van der Waals surface area contributed by atoms with Crippen LogP contribution in [-0.2, 0) is 14.5 Å². The van der Waals surface area contributed by atoms with Crippen LogP contribution in [0.4, 0.5) is 4.79 Å². The summed E-state index contributed by atoms with van der Waals surface area (Å²) in [7, 11) is 0. The summed E-state index contributed by atoms with van der Waals surface area (Å²) in [5, 5.41) is 2.29. The van der Waals surface area contributed by atoms with Gasteiger partial charge in [0.2, 0.25) is 5.91 Å². The van der Waals surface area contributed by atoms with Gasteiger partial charge in [0.25, 0.3) is 0 Å². The van der Waals surface area contributed by atoms with Gasteiger partial charge >= 0.3 is 6.09 Å². The highest BCUT2D eigenvalue weighted by atomic mass is 16.8. The van der Waals surface area contributed by atoms with Crippen molar-refractivity contribution in [2.45, 2.75) is 90.2 Å². The first-order valence-corrected chi connectivity index (χ1v) is 12.2. The second-order valence-electron chi connectivity index (χ2n) is 10.3. The number of hydroxylamine groups is 2. The van der Waals surface area contributed by atoms with Gasteiger partial charge < -0.3 is 14.5 Å². The molecule has 7 atom stereocenters. The number of hydrogen-bond acceptors (Lipinski definition) is 8. The summed E-state index contributed by atoms with van der Waals surface area (Å²) < 4.78 is 5.58. The molecular weight excluding hydrogens is 412 g/mol. The third kappa shape index (κ3) is 4.89. The van der Waals surface area contributed by atoms with Crippen molar-refractivity contribution in [3.63, 3.8) is 0 Å². The summed E-state index contributed by atoms with van der Waals surface area (Å²) >= 11 is 0. The van der Waals surface area contributed by atoms with Gasteiger partial charge in [-0.2, -0.15) is 11.0 Å². The van der Waals surface area contributed by atoms with E-state index in [1.165, 1.54) is 0 Å². The van der Waals surface area contributed by atoms with Gasteiger partial charge in [0, 0.05) is 39.1 Å². The summed E-state index contributed by atoms with van der Waals surface area (Å²) in [4.78, 5) is 34.5. The number of rotatable bonds is 4. The average molecular weight is 453 g/mol. The molecule has 0 aromatic carbocycles. The third-order valence-electron chi connectivity index (χ3n) is 7.62. The number of hydrazine groups is 1. The van der Waals surface area contributed by atoms with Crippen molar-refractivity contribution in [1.29, 1.82) is 0 Å². The monoisotopic (exact) mass is 452 g/mol. The summed E-state index contributed by atoms with van der Waals surface area (Å²) in [6, 6.07) is 0.592. The largest absolute Gasteiger partial charge is 0.447 e. The Morgan fingerprint density at radius 3 is 2.53 bits per heavy atom. The first-order valence-electron chi connectivity index (χ1n) is 12.2. The molecule has 6 unspecified atom stereocenters. The van der Waals surface area contributed by atoms with Crippen molar-refractivity contribution in [1.82, 2.24) is 31.2 Å². The molecule has 1 aliphatic carbocycles. The molecule has 0 aromatic rings. The van der Waals surface area contributed by atoms with Crippen molar-refractivity contribution < 1.29 is 19.3 Å². The van der Waals surface area contributed by atoms with Crippen LogP contribution in [-0.4, -0.2) is 89.3 Å². The number of nitrogens with zero attached hydrogens (tertiary/aromatic N) is 3. The fourth-order valence-corrected chi connectivity index (χ4v) is 6.04. The van der Waals surface area contributed by atoms with E-state index in [-0.39, 0.29) is 48.3 Å². The lowest BCUT2D eigenvalue weighted by Crippen LogP contribution is -2.67. The van der Waals surface area contributed by atoms with E-state index in [1.54, 1.807) is 6.92 Å². The van der Waals surface area contributed by atoms with Crippen LogP contribution in [0.2, 0.25) is 0 Å². The number of ether oxygens (including phenoxy) is 1. The number of carbonyl (C=O) groups excluding carboxylic acids is 2. The lowest BCUT2D eigenvalue weighted by atomic mass is 9.73. The fraction of sp³-hybridized carbons (Fsp3) is 0.909. The van der Waals surface area contributed by atoms with Crippen LogP contribution in [0.15, 0.2) is 0 Å². The molecular formula is C22H40N6O4. The summed E-state index contributed by atoms with van der Waals surface area (Å²) in [5.41, 5.74) is 9.54. The van der Waals surface area contributed by atoms with Crippen LogP contribution in [0.3, 0.4) is 0 Å². The Morgan fingerprint density at radius 1 is 1.09 bits per heavy atom. The quantitative estimate of drug-likeness (QED) is 0.578. The van der Waals surface area contributed by atoms with Gasteiger partial charge in [-0.05, 0) is 58.8 Å². The van der Waals surface area contributed by atoms with Gasteiger partial charge in [0.05, 0.1) is 30.3 Å². The molecule has 10 nitrogen and oxygen atoms in total. The van der Waals surface area contributed by atoms with Crippen molar-refractivity contribution in [2.24, 2.45) is 11.8 Å². The van der Waals surface area contributed by atoms with Crippen LogP contribution in [0.5, 0.6) is 0 Å². The van der Waals surface area contributed by atoms with Gasteiger partial charge in [-0.25, -0.2) is 14.7 Å². The Kier molecular flexibility index (Phi) is 7.26. The predicted molar refractivity (Wildman–Crippen MR) is 119 cm³/mol. The maximum Gasteiger partial charge on any atom is 0.410 e. The molecule has 3 heterocycles. The maximum absolute atomic E-state index is 12.9. The molecule has 4 rings (SSSR count). The molecule has 0 aromatic heterocycles. The molecule has 3 aliphatic heterocycles. The lowest BCUT2D eigenvalue weighted by molar-refractivity contribution is -0.142. The third-order valence-corrected chi connectivity index (χ3v) is 7.62. The predicted octanol–water partition coefficient (Wildman–Crippen LogP) is 0.854. The van der Waals surface area contributed by atoms with Crippen LogP contribution in [0.25, 0.3) is 0 Å². The zero-order valence-corrected chi connectivity index (χ0v) is 20.0. The Bertz CT molecular complexity index is 693. The number of hydrogen-bond donors (Lipinski definition) is 3. The van der Waals surface area contributed by atoms with Gasteiger partial charge in [-0.15, -0.1) is 0 Å². The van der Waals surface area contributed by atoms with E-state index in [0.717, 1.165) is 38.9 Å². The Balaban J connectivity index is 1.42. The van der Waals surface area contributed by atoms with E-state index in [9.17, 15) is 9.59 Å². The first-order chi connectivity index (χ1) is 15.2. The molecule has 4 fully saturated rings. The molecule has 0 radical (unpaired) electrons. The molecule has 2 amide bonds. The minimum absolute atomic E-state index is 0.00498. The van der Waals surface area contributed by atoms with Gasteiger partial charge in [-0.1, -0.05) is 0 Å². The molecule has 3 N–H and O–H groups in total. The lowest BCUT2D eigenvalue weighted by Gasteiger charge is -2.54. The summed E-state index contributed by atoms with van der Waals surface area (Å²) in [5.74, 6) is 1.13. The molecule has 32 heavy (non-hydrogen) atoms. The highest BCUT2D eigenvalue weighted by molar-refractivity contribution is 5.75. The Hall–Kier alpha value is -1.46. The van der Waals surface area contributed by atoms with Gasteiger partial charge in [-0.3, -0.25) is 10.2 Å². The van der Waals surface area contributed by atoms with E-state index < -0.39 is 0 Å². The van der Waals surface area contributed by atoms with Crippen molar-refractivity contribution in [3.8, 4) is 0 Å². The molecule has 0 spiro atoms. The Morgan fingerprint density at radius 2 is 1.88 bits per heavy atom. The highest BCUT2D eigenvalue weighted by Crippen LogP contribution is 2.39. The molecule has 10 heteroatoms. The smallest absolute Gasteiger partial charge is 0.410 e. The van der Waals surface area contributed by atoms with Gasteiger partial charge in [0.15, 0.2) is 0 Å². The van der Waals surface area contributed by atoms with Crippen LogP contribution in [0, 0.1) is 11.8 Å². The number of nitrogens with one attached hydrogen (secondary N) is 3. The topological polar surface area (TPSA) is 98.4 Å². The SMILES string of the molecule is CC(=O)N1C2CCC(C3CNN(CC4NONC4C)C3)CC2N(C(=O)OC(C)C)C[C@@H]1C. The van der Waals surface area contributed by atoms with Crippen LogP contribution >= 0.6 is 0 Å². The van der Waals surface area contributed by atoms with E-state index in [0.29, 0.717) is 18.4 Å². The average Bonchev–Trinajstić information content (AvgIpc) is 3.35. The van der Waals surface area contributed by atoms with Crippen LogP contribution in [0.1, 0.15) is 53.9 Å². The summed E-state index contributed by atoms with van der Waals surface area (Å²) in [6.45, 7) is 12.9. The maximum atomic E-state index is 12.9. The minimum Gasteiger partial charge on any atom is -0.447 e. The van der Waals surface area contributed by atoms with Crippen molar-refractivity contribution >= 4 is 12.0 Å². The Labute approximate surface area is 191 Å². The molecule has 182 valence electrons. The normalized spacial score (nSPS) is 38.2. The van der Waals surface area contributed by atoms with Crippen LogP contribution < -0.4 is 16.4 Å². The van der Waals surface area contributed by atoms with E-state index >= 15 is 0 Å². The zero-order valence-electron chi connectivity index (χ0n) is 20.0. The highest BCUT2D eigenvalue weighted by Gasteiger charge is 2.48. The second-order valence-corrected chi connectivity index (χ2v) is 10.3. The van der Waals surface area contributed by atoms with E-state index in [4.69, 9.17) is 9.68 Å². The van der Waals surface area contributed by atoms with E-state index in [2.05, 4.69) is 28.3 Å². The number of piperazine rings is 1. The van der Waals surface area contributed by atoms with Crippen molar-refractivity contribution in [3.05, 3.63) is 0 Å². The molecule has 1 saturated carbocycles. The number of carbonyl (C=O) groups is 2. The zero-order chi connectivity index (χ0) is 23.0. The first kappa shape index (κ1) is 23.7. The summed E-state index contributed by atoms with van der Waals surface area (Å²) in [6.07, 6.45) is 2.52. The molecule has 3 saturated heterocycles. The number of amides is 2. The minimum atomic E-state index is -0.245. The standard InChI is InChI=1S/C22H40N6O4/c1-13(2)31-22(30)27-10-14(3)28(16(5)29)20-7-6-17(8-21(20)27)18-9-23-26(11-18)12-19-15(4)24-32-25-19/h13-15,17-21,23-25H,6-12H2,1-5H3/t14-,15?,17?,18?,19?,20?,21?/m0/s1. The number of fused-ring (bicyclic) bond motifs is 1. The van der Waals surface area contributed by atoms with Gasteiger partial charge in [0.1, 0.15) is 0 Å². The fourth-order valence-electron chi connectivity index (χ4n) is 6.04. The van der Waals surface area contributed by atoms with E-state index in [1.807, 2.05) is 30.6 Å². The molecule has 0 bridgehead atoms.